The molecule has 7 heteroatoms. The van der Waals surface area contributed by atoms with E-state index in [1.807, 2.05) is 40.6 Å². The third kappa shape index (κ3) is 2.93. The molecule has 1 aliphatic rings. The quantitative estimate of drug-likeness (QED) is 0.484. The molecule has 2 aromatic heterocycles. The molecule has 0 radical (unpaired) electrons. The molecule has 148 valence electrons. The number of fused-ring (bicyclic) bond motifs is 1. The van der Waals surface area contributed by atoms with Crippen LogP contribution in [0.3, 0.4) is 0 Å². The molecule has 0 unspecified atom stereocenters. The monoisotopic (exact) mass is 417 g/mol. The van der Waals surface area contributed by atoms with Crippen LogP contribution in [0.15, 0.2) is 53.9 Å². The van der Waals surface area contributed by atoms with Gasteiger partial charge >= 0.3 is 5.97 Å². The highest BCUT2D eigenvalue weighted by molar-refractivity contribution is 7.11. The Hall–Kier alpha value is -3.63. The van der Waals surface area contributed by atoms with E-state index in [0.717, 1.165) is 39.0 Å². The first kappa shape index (κ1) is 18.4. The van der Waals surface area contributed by atoms with E-state index in [4.69, 9.17) is 5.11 Å². The number of aliphatic carboxylic acids is 1. The first-order valence-electron chi connectivity index (χ1n) is 9.42. The normalized spacial score (nSPS) is 13.9. The minimum atomic E-state index is -0.774. The van der Waals surface area contributed by atoms with Gasteiger partial charge in [-0.05, 0) is 41.8 Å². The predicted molar refractivity (Wildman–Crippen MR) is 115 cm³/mol. The van der Waals surface area contributed by atoms with Crippen molar-refractivity contribution in [2.24, 2.45) is 5.92 Å². The number of nitrogens with zero attached hydrogens (tertiary/aromatic N) is 2. The minimum Gasteiger partial charge on any atom is -0.481 e. The van der Waals surface area contributed by atoms with Gasteiger partial charge in [-0.1, -0.05) is 12.1 Å². The maximum atomic E-state index is 14.0. The van der Waals surface area contributed by atoms with Gasteiger partial charge < -0.3 is 15.0 Å². The van der Waals surface area contributed by atoms with Gasteiger partial charge in [-0.3, -0.25) is 4.79 Å². The second-order valence-corrected chi connectivity index (χ2v) is 8.25. The second kappa shape index (κ2) is 7.01. The fourth-order valence-electron chi connectivity index (χ4n) is 3.96. The Labute approximate surface area is 175 Å². The molecule has 4 aromatic rings. The van der Waals surface area contributed by atoms with Crippen LogP contribution in [0.1, 0.15) is 4.88 Å². The summed E-state index contributed by atoms with van der Waals surface area (Å²) in [5.41, 5.74) is 5.00. The zero-order valence-corrected chi connectivity index (χ0v) is 16.5. The lowest BCUT2D eigenvalue weighted by Crippen LogP contribution is -2.50. The number of nitrogens with one attached hydrogen (secondary N) is 1. The van der Waals surface area contributed by atoms with Crippen molar-refractivity contribution in [1.82, 2.24) is 4.98 Å². The maximum Gasteiger partial charge on any atom is 0.310 e. The molecule has 0 spiro atoms. The maximum absolute atomic E-state index is 14.0. The summed E-state index contributed by atoms with van der Waals surface area (Å²) >= 11 is 1.36. The summed E-state index contributed by atoms with van der Waals surface area (Å²) in [7, 11) is 0. The number of carbonyl (C=O) groups is 1. The molecule has 1 aliphatic heterocycles. The molecule has 5 nitrogen and oxygen atoms in total. The summed E-state index contributed by atoms with van der Waals surface area (Å²) in [6.45, 7) is 0.958. The smallest absolute Gasteiger partial charge is 0.310 e. The number of rotatable bonds is 4. The van der Waals surface area contributed by atoms with Crippen molar-refractivity contribution in [1.29, 1.82) is 5.26 Å². The van der Waals surface area contributed by atoms with Gasteiger partial charge in [0.05, 0.1) is 11.6 Å². The minimum absolute atomic E-state index is 0.336. The number of aromatic amines is 1. The lowest BCUT2D eigenvalue weighted by Gasteiger charge is -2.38. The van der Waals surface area contributed by atoms with Gasteiger partial charge in [0.1, 0.15) is 16.8 Å². The molecule has 0 amide bonds. The summed E-state index contributed by atoms with van der Waals surface area (Å²) in [5.74, 6) is -1.45. The fraction of sp³-hybridized carbons (Fsp3) is 0.130. The van der Waals surface area contributed by atoms with Crippen molar-refractivity contribution in [2.75, 3.05) is 18.0 Å². The van der Waals surface area contributed by atoms with E-state index in [1.54, 1.807) is 6.07 Å². The van der Waals surface area contributed by atoms with Crippen molar-refractivity contribution in [3.63, 3.8) is 0 Å². The SMILES string of the molecule is N#Cc1sccc1-c1c(-c2cccc(N3CC(C(=O)O)C3)c2)[nH]c2ccc(F)cc12. The molecule has 0 atom stereocenters. The van der Waals surface area contributed by atoms with E-state index < -0.39 is 5.97 Å². The highest BCUT2D eigenvalue weighted by Crippen LogP contribution is 2.42. The van der Waals surface area contributed by atoms with Crippen molar-refractivity contribution in [3.8, 4) is 28.5 Å². The van der Waals surface area contributed by atoms with E-state index in [-0.39, 0.29) is 11.7 Å². The van der Waals surface area contributed by atoms with Gasteiger partial charge in [0.15, 0.2) is 0 Å². The van der Waals surface area contributed by atoms with Gasteiger partial charge in [0.25, 0.3) is 0 Å². The number of benzene rings is 2. The Morgan fingerprint density at radius 1 is 1.23 bits per heavy atom. The third-order valence-corrected chi connectivity index (χ3v) is 6.35. The fourth-order valence-corrected chi connectivity index (χ4v) is 4.65. The first-order chi connectivity index (χ1) is 14.5. The summed E-state index contributed by atoms with van der Waals surface area (Å²) in [4.78, 5) is 17.1. The molecule has 0 bridgehead atoms. The lowest BCUT2D eigenvalue weighted by molar-refractivity contribution is -0.142. The van der Waals surface area contributed by atoms with Gasteiger partial charge in [0.2, 0.25) is 0 Å². The number of nitriles is 1. The van der Waals surface area contributed by atoms with Crippen LogP contribution in [0, 0.1) is 23.1 Å². The zero-order chi connectivity index (χ0) is 20.8. The number of halogens is 1. The average molecular weight is 417 g/mol. The molecule has 2 aromatic carbocycles. The Kier molecular flexibility index (Phi) is 4.30. The Balaban J connectivity index is 1.65. The first-order valence-corrected chi connectivity index (χ1v) is 10.3. The number of carboxylic acids is 1. The van der Waals surface area contributed by atoms with E-state index >= 15 is 0 Å². The zero-order valence-electron chi connectivity index (χ0n) is 15.7. The van der Waals surface area contributed by atoms with Crippen LogP contribution < -0.4 is 4.90 Å². The number of H-pyrrole nitrogens is 1. The van der Waals surface area contributed by atoms with Crippen LogP contribution in [0.2, 0.25) is 0 Å². The topological polar surface area (TPSA) is 80.1 Å². The summed E-state index contributed by atoms with van der Waals surface area (Å²) < 4.78 is 14.0. The highest BCUT2D eigenvalue weighted by Gasteiger charge is 2.32. The van der Waals surface area contributed by atoms with Crippen LogP contribution in [-0.4, -0.2) is 29.1 Å². The van der Waals surface area contributed by atoms with Crippen molar-refractivity contribution >= 4 is 33.9 Å². The van der Waals surface area contributed by atoms with Crippen molar-refractivity contribution in [3.05, 3.63) is 64.6 Å². The third-order valence-electron chi connectivity index (χ3n) is 5.53. The van der Waals surface area contributed by atoms with Gasteiger partial charge in [0, 0.05) is 46.4 Å². The lowest BCUT2D eigenvalue weighted by atomic mass is 9.96. The Bertz CT molecular complexity index is 1330. The van der Waals surface area contributed by atoms with Crippen LogP contribution in [0.25, 0.3) is 33.3 Å². The van der Waals surface area contributed by atoms with E-state index in [1.165, 1.54) is 23.5 Å². The number of hydrogen-bond acceptors (Lipinski definition) is 4. The second-order valence-electron chi connectivity index (χ2n) is 7.33. The van der Waals surface area contributed by atoms with Gasteiger partial charge in [-0.15, -0.1) is 11.3 Å². The Morgan fingerprint density at radius 2 is 2.07 bits per heavy atom. The largest absolute Gasteiger partial charge is 0.481 e. The molecule has 1 fully saturated rings. The van der Waals surface area contributed by atoms with Crippen LogP contribution in [0.5, 0.6) is 0 Å². The summed E-state index contributed by atoms with van der Waals surface area (Å²) in [5, 5.41) is 21.3. The molecule has 30 heavy (non-hydrogen) atoms. The molecule has 0 saturated carbocycles. The molecule has 5 rings (SSSR count). The molecule has 0 aliphatic carbocycles. The number of aromatic nitrogens is 1. The number of anilines is 1. The number of carboxylic acid groups (broad SMARTS) is 1. The molecule has 2 N–H and O–H groups in total. The molecular weight excluding hydrogens is 401 g/mol. The van der Waals surface area contributed by atoms with Crippen molar-refractivity contribution in [2.45, 2.75) is 0 Å². The van der Waals surface area contributed by atoms with Gasteiger partial charge in [-0.25, -0.2) is 4.39 Å². The van der Waals surface area contributed by atoms with Gasteiger partial charge in [-0.2, -0.15) is 5.26 Å². The van der Waals surface area contributed by atoms with E-state index in [9.17, 15) is 14.4 Å². The molecular formula is C23H16FN3O2S. The van der Waals surface area contributed by atoms with E-state index in [2.05, 4.69) is 11.1 Å². The Morgan fingerprint density at radius 3 is 2.83 bits per heavy atom. The average Bonchev–Trinajstić information content (AvgIpc) is 3.30. The number of hydrogen-bond donors (Lipinski definition) is 2. The van der Waals surface area contributed by atoms with Crippen LogP contribution >= 0.6 is 11.3 Å². The number of thiophene rings is 1. The molecule has 3 heterocycles. The van der Waals surface area contributed by atoms with Crippen LogP contribution in [-0.2, 0) is 4.79 Å². The highest BCUT2D eigenvalue weighted by atomic mass is 32.1. The summed E-state index contributed by atoms with van der Waals surface area (Å²) in [6, 6.07) is 16.6. The van der Waals surface area contributed by atoms with E-state index in [0.29, 0.717) is 18.0 Å². The standard InChI is InChI=1S/C23H16FN3O2S/c24-15-4-5-19-18(9-15)21(17-6-7-30-20(17)10-25)22(26-19)13-2-1-3-16(8-13)27-11-14(12-27)23(28)29/h1-9,14,26H,11-12H2,(H,28,29). The van der Waals surface area contributed by atoms with Crippen LogP contribution in [0.4, 0.5) is 10.1 Å². The molecule has 1 saturated heterocycles. The summed E-state index contributed by atoms with van der Waals surface area (Å²) in [6.07, 6.45) is 0. The predicted octanol–water partition coefficient (Wildman–Crippen LogP) is 5.09. The van der Waals surface area contributed by atoms with Crippen molar-refractivity contribution < 1.29 is 14.3 Å².